The third-order valence-electron chi connectivity index (χ3n) is 6.12. The zero-order valence-electron chi connectivity index (χ0n) is 21.0. The Kier molecular flexibility index (Phi) is 9.36. The van der Waals surface area contributed by atoms with E-state index in [0.29, 0.717) is 18.1 Å². The van der Waals surface area contributed by atoms with E-state index in [2.05, 4.69) is 39.1 Å². The molecule has 1 aliphatic rings. The van der Waals surface area contributed by atoms with Gasteiger partial charge >= 0.3 is 0 Å². The maximum Gasteiger partial charge on any atom is 0.232 e. The lowest BCUT2D eigenvalue weighted by atomic mass is 9.84. The van der Waals surface area contributed by atoms with Gasteiger partial charge in [-0.25, -0.2) is 0 Å². The van der Waals surface area contributed by atoms with E-state index in [-0.39, 0.29) is 37.2 Å². The molecule has 2 aromatic carbocycles. The minimum atomic E-state index is -0.337. The van der Waals surface area contributed by atoms with Crippen LogP contribution in [0.25, 0.3) is 0 Å². The molecular formula is C28H39NO5. The molecule has 1 atom stereocenters. The molecule has 0 saturated carbocycles. The number of unbranched alkanes of at least 4 members (excludes halogenated alkanes) is 3. The van der Waals surface area contributed by atoms with Gasteiger partial charge in [-0.1, -0.05) is 77.6 Å². The first kappa shape index (κ1) is 26.0. The van der Waals surface area contributed by atoms with Crippen LogP contribution in [0.4, 0.5) is 5.69 Å². The van der Waals surface area contributed by atoms with E-state index < -0.39 is 0 Å². The number of benzene rings is 2. The number of aliphatic hydroxyl groups excluding tert-OH is 1. The smallest absolute Gasteiger partial charge is 0.232 e. The average Bonchev–Trinajstić information content (AvgIpc) is 3.28. The van der Waals surface area contributed by atoms with E-state index in [4.69, 9.17) is 19.3 Å². The van der Waals surface area contributed by atoms with Gasteiger partial charge in [-0.3, -0.25) is 4.79 Å². The fourth-order valence-corrected chi connectivity index (χ4v) is 4.34. The Morgan fingerprint density at radius 1 is 1.15 bits per heavy atom. The number of amides is 1. The lowest BCUT2D eigenvalue weighted by Gasteiger charge is -2.26. The summed E-state index contributed by atoms with van der Waals surface area (Å²) in [5.41, 5.74) is 3.55. The topological polar surface area (TPSA) is 77.0 Å². The maximum atomic E-state index is 13.8. The molecule has 0 aliphatic carbocycles. The van der Waals surface area contributed by atoms with Gasteiger partial charge in [-0.05, 0) is 35.1 Å². The number of aliphatic hydroxyl groups is 1. The molecule has 2 aromatic rings. The summed E-state index contributed by atoms with van der Waals surface area (Å²) in [6.45, 7) is 9.42. The van der Waals surface area contributed by atoms with Crippen LogP contribution in [-0.4, -0.2) is 31.0 Å². The summed E-state index contributed by atoms with van der Waals surface area (Å²) in [6, 6.07) is 11.8. The summed E-state index contributed by atoms with van der Waals surface area (Å²) < 4.78 is 16.8. The lowest BCUT2D eigenvalue weighted by Crippen LogP contribution is -2.24. The van der Waals surface area contributed by atoms with Gasteiger partial charge in [0.2, 0.25) is 12.7 Å². The molecule has 0 fully saturated rings. The average molecular weight is 470 g/mol. The number of para-hydroxylation sites is 1. The molecule has 6 nitrogen and oxygen atoms in total. The monoisotopic (exact) mass is 469 g/mol. The van der Waals surface area contributed by atoms with Crippen molar-refractivity contribution in [3.8, 4) is 11.5 Å². The highest BCUT2D eigenvalue weighted by Crippen LogP contribution is 2.41. The normalized spacial score (nSPS) is 13.7. The van der Waals surface area contributed by atoms with Gasteiger partial charge in [0.25, 0.3) is 0 Å². The van der Waals surface area contributed by atoms with Crippen LogP contribution in [0.3, 0.4) is 0 Å². The van der Waals surface area contributed by atoms with Crippen molar-refractivity contribution >= 4 is 11.6 Å². The minimum Gasteiger partial charge on any atom is -0.454 e. The van der Waals surface area contributed by atoms with E-state index in [1.807, 2.05) is 30.3 Å². The number of carbonyl (C=O) groups is 1. The van der Waals surface area contributed by atoms with Gasteiger partial charge in [0.15, 0.2) is 11.5 Å². The van der Waals surface area contributed by atoms with Crippen molar-refractivity contribution in [2.75, 3.05) is 25.3 Å². The molecule has 1 heterocycles. The molecule has 1 amide bonds. The largest absolute Gasteiger partial charge is 0.454 e. The number of ether oxygens (including phenoxy) is 3. The number of anilines is 1. The molecule has 186 valence electrons. The maximum absolute atomic E-state index is 13.8. The van der Waals surface area contributed by atoms with Crippen LogP contribution in [0, 0.1) is 0 Å². The van der Waals surface area contributed by atoms with Gasteiger partial charge in [0, 0.05) is 11.3 Å². The second kappa shape index (κ2) is 12.2. The molecule has 3 rings (SSSR count). The lowest BCUT2D eigenvalue weighted by molar-refractivity contribution is -0.117. The summed E-state index contributed by atoms with van der Waals surface area (Å²) in [5.74, 6) is 0.998. The number of carbonyl (C=O) groups excluding carboxylic acids is 1. The van der Waals surface area contributed by atoms with Gasteiger partial charge in [0.05, 0.1) is 25.7 Å². The van der Waals surface area contributed by atoms with E-state index in [0.717, 1.165) is 54.5 Å². The van der Waals surface area contributed by atoms with Crippen molar-refractivity contribution in [3.63, 3.8) is 0 Å². The molecule has 0 spiro atoms. The van der Waals surface area contributed by atoms with Gasteiger partial charge < -0.3 is 24.6 Å². The van der Waals surface area contributed by atoms with Crippen LogP contribution in [0.1, 0.15) is 82.4 Å². The van der Waals surface area contributed by atoms with Crippen LogP contribution in [-0.2, 0) is 21.6 Å². The summed E-state index contributed by atoms with van der Waals surface area (Å²) >= 11 is 0. The highest BCUT2D eigenvalue weighted by Gasteiger charge is 2.29. The fraction of sp³-hybridized carbons (Fsp3) is 0.536. The van der Waals surface area contributed by atoms with Crippen LogP contribution >= 0.6 is 0 Å². The first-order valence-electron chi connectivity index (χ1n) is 12.4. The molecule has 0 saturated heterocycles. The summed E-state index contributed by atoms with van der Waals surface area (Å²) in [6.07, 6.45) is 5.12. The number of nitrogens with one attached hydrogen (secondary N) is 1. The Balaban J connectivity index is 1.89. The standard InChI is InChI=1S/C28H39NO5/c1-5-6-7-8-10-22(21-11-9-12-25-26(21)34-19-33-25)27(31)29-24-17-20(18-32-16-15-30)13-14-23(24)28(2,3)4/h9,11-14,17,22,30H,5-8,10,15-16,18-19H2,1-4H3,(H,29,31). The summed E-state index contributed by atoms with van der Waals surface area (Å²) in [7, 11) is 0. The predicted molar refractivity (Wildman–Crippen MR) is 135 cm³/mol. The zero-order valence-corrected chi connectivity index (χ0v) is 21.0. The Bertz CT molecular complexity index is 950. The number of hydrogen-bond acceptors (Lipinski definition) is 5. The van der Waals surface area contributed by atoms with Crippen LogP contribution in [0.5, 0.6) is 11.5 Å². The number of hydrogen-bond donors (Lipinski definition) is 2. The second-order valence-electron chi connectivity index (χ2n) is 9.88. The van der Waals surface area contributed by atoms with Crippen LogP contribution in [0.2, 0.25) is 0 Å². The van der Waals surface area contributed by atoms with Crippen molar-refractivity contribution in [1.29, 1.82) is 0 Å². The SMILES string of the molecule is CCCCCCC(C(=O)Nc1cc(COCCO)ccc1C(C)(C)C)c1cccc2c1OCO2. The zero-order chi connectivity index (χ0) is 24.6. The molecule has 1 unspecified atom stereocenters. The van der Waals surface area contributed by atoms with Gasteiger partial charge in [-0.2, -0.15) is 0 Å². The molecule has 0 aromatic heterocycles. The molecule has 34 heavy (non-hydrogen) atoms. The van der Waals surface area contributed by atoms with Crippen molar-refractivity contribution < 1.29 is 24.1 Å². The third-order valence-corrected chi connectivity index (χ3v) is 6.12. The molecule has 2 N–H and O–H groups in total. The first-order chi connectivity index (χ1) is 16.3. The van der Waals surface area contributed by atoms with Gasteiger partial charge in [0.1, 0.15) is 0 Å². The molecule has 6 heteroatoms. The van der Waals surface area contributed by atoms with Crippen LogP contribution in [0.15, 0.2) is 36.4 Å². The second-order valence-corrected chi connectivity index (χ2v) is 9.88. The molecule has 0 bridgehead atoms. The van der Waals surface area contributed by atoms with Crippen molar-refractivity contribution in [3.05, 3.63) is 53.1 Å². The highest BCUT2D eigenvalue weighted by atomic mass is 16.7. The van der Waals surface area contributed by atoms with Crippen molar-refractivity contribution in [1.82, 2.24) is 0 Å². The Morgan fingerprint density at radius 2 is 1.97 bits per heavy atom. The first-order valence-corrected chi connectivity index (χ1v) is 12.4. The molecule has 0 radical (unpaired) electrons. The van der Waals surface area contributed by atoms with E-state index in [9.17, 15) is 4.79 Å². The fourth-order valence-electron chi connectivity index (χ4n) is 4.34. The number of fused-ring (bicyclic) bond motifs is 1. The molecular weight excluding hydrogens is 430 g/mol. The Hall–Kier alpha value is -2.57. The van der Waals surface area contributed by atoms with E-state index in [1.54, 1.807) is 0 Å². The summed E-state index contributed by atoms with van der Waals surface area (Å²) in [5, 5.41) is 12.2. The minimum absolute atomic E-state index is 0.0173. The number of rotatable bonds is 12. The Labute approximate surface area is 203 Å². The third kappa shape index (κ3) is 6.73. The molecule has 1 aliphatic heterocycles. The van der Waals surface area contributed by atoms with E-state index >= 15 is 0 Å². The quantitative estimate of drug-likeness (QED) is 0.378. The van der Waals surface area contributed by atoms with E-state index in [1.165, 1.54) is 0 Å². The van der Waals surface area contributed by atoms with Crippen LogP contribution < -0.4 is 14.8 Å². The van der Waals surface area contributed by atoms with Gasteiger partial charge in [-0.15, -0.1) is 0 Å². The predicted octanol–water partition coefficient (Wildman–Crippen LogP) is 5.91. The van der Waals surface area contributed by atoms with Crippen molar-refractivity contribution in [2.24, 2.45) is 0 Å². The Morgan fingerprint density at radius 3 is 2.71 bits per heavy atom. The van der Waals surface area contributed by atoms with Crippen molar-refractivity contribution in [2.45, 2.75) is 77.7 Å². The highest BCUT2D eigenvalue weighted by molar-refractivity contribution is 5.97. The summed E-state index contributed by atoms with van der Waals surface area (Å²) in [4.78, 5) is 13.8.